The zero-order valence-electron chi connectivity index (χ0n) is 12.2. The SMILES string of the molecule is O=c1c2cc3c(cc2oc2cc4c(cc12)OCC=C4)OCC=C3. The molecule has 3 aromatic rings. The van der Waals surface area contributed by atoms with Gasteiger partial charge in [0.2, 0.25) is 5.43 Å². The first kappa shape index (κ1) is 12.5. The highest BCUT2D eigenvalue weighted by Crippen LogP contribution is 2.33. The van der Waals surface area contributed by atoms with Crippen molar-refractivity contribution in [1.82, 2.24) is 0 Å². The van der Waals surface area contributed by atoms with Gasteiger partial charge in [0.25, 0.3) is 0 Å². The lowest BCUT2D eigenvalue weighted by Crippen LogP contribution is -2.07. The van der Waals surface area contributed by atoms with Crippen LogP contribution < -0.4 is 14.9 Å². The number of fused-ring (bicyclic) bond motifs is 4. The lowest BCUT2D eigenvalue weighted by atomic mass is 10.0. The predicted octanol–water partition coefficient (Wildman–Crippen LogP) is 3.76. The van der Waals surface area contributed by atoms with Crippen LogP contribution in [0.5, 0.6) is 11.5 Å². The van der Waals surface area contributed by atoms with Crippen LogP contribution in [0.1, 0.15) is 11.1 Å². The Morgan fingerprint density at radius 2 is 1.35 bits per heavy atom. The van der Waals surface area contributed by atoms with Gasteiger partial charge in [-0.25, -0.2) is 0 Å². The number of benzene rings is 2. The molecule has 0 N–H and O–H groups in total. The maximum Gasteiger partial charge on any atom is 0.200 e. The van der Waals surface area contributed by atoms with Crippen molar-refractivity contribution in [3.8, 4) is 11.5 Å². The van der Waals surface area contributed by atoms with Crippen LogP contribution in [0.25, 0.3) is 34.1 Å². The normalized spacial score (nSPS) is 15.1. The monoisotopic (exact) mass is 304 g/mol. The molecule has 4 heteroatoms. The fourth-order valence-electron chi connectivity index (χ4n) is 3.08. The second kappa shape index (κ2) is 4.49. The summed E-state index contributed by atoms with van der Waals surface area (Å²) in [6.45, 7) is 1.05. The molecule has 0 unspecified atom stereocenters. The molecule has 0 saturated heterocycles. The molecule has 4 nitrogen and oxygen atoms in total. The highest BCUT2D eigenvalue weighted by Gasteiger charge is 2.16. The van der Waals surface area contributed by atoms with Gasteiger partial charge in [-0.3, -0.25) is 4.79 Å². The summed E-state index contributed by atoms with van der Waals surface area (Å²) in [7, 11) is 0. The Morgan fingerprint density at radius 1 is 0.739 bits per heavy atom. The molecule has 0 saturated carbocycles. The van der Waals surface area contributed by atoms with Gasteiger partial charge in [0.05, 0.1) is 10.8 Å². The van der Waals surface area contributed by atoms with E-state index in [1.807, 2.05) is 36.4 Å². The average Bonchev–Trinajstić information content (AvgIpc) is 2.59. The number of ether oxygens (including phenoxy) is 2. The second-order valence-corrected chi connectivity index (χ2v) is 5.63. The van der Waals surface area contributed by atoms with Crippen molar-refractivity contribution in [2.45, 2.75) is 0 Å². The Hall–Kier alpha value is -3.01. The number of hydrogen-bond donors (Lipinski definition) is 0. The predicted molar refractivity (Wildman–Crippen MR) is 89.0 cm³/mol. The van der Waals surface area contributed by atoms with Crippen LogP contribution in [0.15, 0.2) is 45.6 Å². The molecule has 0 fully saturated rings. The van der Waals surface area contributed by atoms with E-state index in [0.29, 0.717) is 40.9 Å². The van der Waals surface area contributed by atoms with Crippen molar-refractivity contribution in [3.63, 3.8) is 0 Å². The van der Waals surface area contributed by atoms with Gasteiger partial charge in [0, 0.05) is 17.2 Å². The van der Waals surface area contributed by atoms with Gasteiger partial charge in [0.1, 0.15) is 35.9 Å². The Labute approximate surface area is 131 Å². The molecule has 3 heterocycles. The lowest BCUT2D eigenvalue weighted by Gasteiger charge is -2.15. The van der Waals surface area contributed by atoms with Gasteiger partial charge >= 0.3 is 0 Å². The Morgan fingerprint density at radius 3 is 2.13 bits per heavy atom. The van der Waals surface area contributed by atoms with Crippen molar-refractivity contribution >= 4 is 34.1 Å². The molecular weight excluding hydrogens is 292 g/mol. The van der Waals surface area contributed by atoms with Crippen LogP contribution in [0.2, 0.25) is 0 Å². The fraction of sp³-hybridized carbons (Fsp3) is 0.105. The van der Waals surface area contributed by atoms with E-state index in [1.54, 1.807) is 12.1 Å². The summed E-state index contributed by atoms with van der Waals surface area (Å²) in [4.78, 5) is 12.9. The minimum absolute atomic E-state index is 0.0519. The molecule has 2 aliphatic heterocycles. The van der Waals surface area contributed by atoms with E-state index in [2.05, 4.69) is 0 Å². The molecule has 0 aliphatic carbocycles. The number of hydrogen-bond acceptors (Lipinski definition) is 4. The third-order valence-corrected chi connectivity index (χ3v) is 4.20. The van der Waals surface area contributed by atoms with Gasteiger partial charge in [0.15, 0.2) is 0 Å². The van der Waals surface area contributed by atoms with Crippen LogP contribution in [0.4, 0.5) is 0 Å². The Kier molecular flexibility index (Phi) is 2.45. The maximum absolute atomic E-state index is 12.9. The zero-order chi connectivity index (χ0) is 15.4. The van der Waals surface area contributed by atoms with Crippen LogP contribution >= 0.6 is 0 Å². The van der Waals surface area contributed by atoms with Crippen LogP contribution in [-0.4, -0.2) is 13.2 Å². The van der Waals surface area contributed by atoms with Crippen molar-refractivity contribution in [2.24, 2.45) is 0 Å². The summed E-state index contributed by atoms with van der Waals surface area (Å²) in [5, 5.41) is 1.09. The molecular formula is C19H12O4. The molecule has 2 aromatic carbocycles. The van der Waals surface area contributed by atoms with E-state index >= 15 is 0 Å². The summed E-state index contributed by atoms with van der Waals surface area (Å²) < 4.78 is 17.2. The second-order valence-electron chi connectivity index (χ2n) is 5.63. The van der Waals surface area contributed by atoms with Gasteiger partial charge < -0.3 is 13.9 Å². The van der Waals surface area contributed by atoms with E-state index in [4.69, 9.17) is 13.9 Å². The van der Waals surface area contributed by atoms with Crippen molar-refractivity contribution in [3.05, 3.63) is 57.8 Å². The van der Waals surface area contributed by atoms with Gasteiger partial charge in [-0.2, -0.15) is 0 Å². The summed E-state index contributed by atoms with van der Waals surface area (Å²) in [5.41, 5.74) is 2.86. The fourth-order valence-corrected chi connectivity index (χ4v) is 3.08. The van der Waals surface area contributed by atoms with E-state index in [1.165, 1.54) is 0 Å². The van der Waals surface area contributed by atoms with Crippen LogP contribution in [0.3, 0.4) is 0 Å². The first-order valence-electron chi connectivity index (χ1n) is 7.47. The van der Waals surface area contributed by atoms with Gasteiger partial charge in [-0.05, 0) is 30.4 Å². The summed E-state index contributed by atoms with van der Waals surface area (Å²) >= 11 is 0. The van der Waals surface area contributed by atoms with Crippen molar-refractivity contribution < 1.29 is 13.9 Å². The Bertz CT molecular complexity index is 1090. The summed E-state index contributed by atoms with van der Waals surface area (Å²) in [5.74, 6) is 1.46. The van der Waals surface area contributed by atoms with E-state index < -0.39 is 0 Å². The zero-order valence-corrected chi connectivity index (χ0v) is 12.2. The third kappa shape index (κ3) is 1.81. The largest absolute Gasteiger partial charge is 0.489 e. The van der Waals surface area contributed by atoms with Gasteiger partial charge in [-0.1, -0.05) is 12.2 Å². The van der Waals surface area contributed by atoms with E-state index in [0.717, 1.165) is 16.9 Å². The molecule has 112 valence electrons. The van der Waals surface area contributed by atoms with Gasteiger partial charge in [-0.15, -0.1) is 0 Å². The Balaban J connectivity index is 1.89. The first-order chi connectivity index (χ1) is 11.3. The highest BCUT2D eigenvalue weighted by atomic mass is 16.5. The lowest BCUT2D eigenvalue weighted by molar-refractivity contribution is 0.358. The average molecular weight is 304 g/mol. The van der Waals surface area contributed by atoms with Crippen molar-refractivity contribution in [2.75, 3.05) is 13.2 Å². The maximum atomic E-state index is 12.9. The van der Waals surface area contributed by atoms with E-state index in [-0.39, 0.29) is 5.43 Å². The smallest absolute Gasteiger partial charge is 0.200 e. The molecule has 0 bridgehead atoms. The van der Waals surface area contributed by atoms with Crippen molar-refractivity contribution in [1.29, 1.82) is 0 Å². The standard InChI is InChI=1S/C19H12O4/c20-19-13-7-11-3-1-6-22-16(11)10-18(13)23-17-8-12-4-2-5-21-15(12)9-14(17)19/h1-4,7-10H,5-6H2. The third-order valence-electron chi connectivity index (χ3n) is 4.20. The molecule has 23 heavy (non-hydrogen) atoms. The summed E-state index contributed by atoms with van der Waals surface area (Å²) in [6, 6.07) is 7.24. The highest BCUT2D eigenvalue weighted by molar-refractivity contribution is 5.93. The molecule has 0 atom stereocenters. The molecule has 0 amide bonds. The summed E-state index contributed by atoms with van der Waals surface area (Å²) in [6.07, 6.45) is 7.79. The molecule has 0 spiro atoms. The number of rotatable bonds is 0. The molecule has 1 aromatic heterocycles. The minimum atomic E-state index is -0.0519. The molecule has 2 aliphatic rings. The first-order valence-corrected chi connectivity index (χ1v) is 7.47. The van der Waals surface area contributed by atoms with Crippen LogP contribution in [-0.2, 0) is 0 Å². The molecule has 0 radical (unpaired) electrons. The van der Waals surface area contributed by atoms with Crippen LogP contribution in [0, 0.1) is 0 Å². The topological polar surface area (TPSA) is 48.7 Å². The minimum Gasteiger partial charge on any atom is -0.489 e. The van der Waals surface area contributed by atoms with E-state index in [9.17, 15) is 4.79 Å². The quantitative estimate of drug-likeness (QED) is 0.593. The molecule has 5 rings (SSSR count).